The van der Waals surface area contributed by atoms with Crippen LogP contribution in [0.2, 0.25) is 0 Å². The fraction of sp³-hybridized carbons (Fsp3) is 0.188. The summed E-state index contributed by atoms with van der Waals surface area (Å²) in [5.41, 5.74) is 2.27. The molecule has 0 fully saturated rings. The number of aromatic hydroxyl groups is 2. The Labute approximate surface area is 230 Å². The van der Waals surface area contributed by atoms with Crippen molar-refractivity contribution in [3.63, 3.8) is 0 Å². The fourth-order valence-corrected chi connectivity index (χ4v) is 4.26. The highest BCUT2D eigenvalue weighted by molar-refractivity contribution is 5.87. The van der Waals surface area contributed by atoms with Crippen LogP contribution < -0.4 is 20.3 Å². The number of phenolic OH excluding ortho intramolecular Hbond substituents is 2. The summed E-state index contributed by atoms with van der Waals surface area (Å²) in [6.07, 6.45) is 2.24. The lowest BCUT2D eigenvalue weighted by atomic mass is 10.0. The van der Waals surface area contributed by atoms with Gasteiger partial charge in [0.05, 0.1) is 19.6 Å². The normalized spacial score (nSPS) is 10.6. The lowest BCUT2D eigenvalue weighted by molar-refractivity contribution is 0.391. The zero-order chi connectivity index (χ0) is 29.0. The van der Waals surface area contributed by atoms with Crippen molar-refractivity contribution >= 4 is 21.9 Å². The van der Waals surface area contributed by atoms with E-state index in [1.807, 2.05) is 50.3 Å². The van der Waals surface area contributed by atoms with Crippen molar-refractivity contribution in [3.8, 4) is 34.3 Å². The van der Waals surface area contributed by atoms with Gasteiger partial charge < -0.3 is 28.5 Å². The Bertz CT molecular complexity index is 1820. The van der Waals surface area contributed by atoms with E-state index in [2.05, 4.69) is 0 Å². The summed E-state index contributed by atoms with van der Waals surface area (Å²) in [7, 11) is 3.01. The van der Waals surface area contributed by atoms with E-state index in [4.69, 9.17) is 18.3 Å². The van der Waals surface area contributed by atoms with Crippen LogP contribution in [0.3, 0.4) is 0 Å². The molecule has 5 rings (SSSR count). The van der Waals surface area contributed by atoms with Crippen molar-refractivity contribution in [2.75, 3.05) is 14.2 Å². The highest BCUT2D eigenvalue weighted by Crippen LogP contribution is 2.35. The maximum atomic E-state index is 12.6. The van der Waals surface area contributed by atoms with E-state index in [1.165, 1.54) is 19.2 Å². The first-order valence-corrected chi connectivity index (χ1v) is 12.5. The van der Waals surface area contributed by atoms with Crippen molar-refractivity contribution in [3.05, 3.63) is 104 Å². The first-order valence-electron chi connectivity index (χ1n) is 12.5. The van der Waals surface area contributed by atoms with Crippen LogP contribution in [0.1, 0.15) is 25.2 Å². The van der Waals surface area contributed by atoms with Crippen LogP contribution in [0.5, 0.6) is 23.0 Å². The van der Waals surface area contributed by atoms with Crippen molar-refractivity contribution in [1.29, 1.82) is 0 Å². The minimum absolute atomic E-state index is 0.0729. The molecule has 206 valence electrons. The van der Waals surface area contributed by atoms with Crippen LogP contribution in [0.4, 0.5) is 0 Å². The summed E-state index contributed by atoms with van der Waals surface area (Å²) in [5.74, 6) is 1.28. The molecular formula is C32H30O8. The van der Waals surface area contributed by atoms with Gasteiger partial charge in [-0.05, 0) is 39.3 Å². The molecule has 0 saturated heterocycles. The van der Waals surface area contributed by atoms with E-state index in [-0.39, 0.29) is 39.1 Å². The van der Waals surface area contributed by atoms with Crippen molar-refractivity contribution < 1.29 is 28.5 Å². The van der Waals surface area contributed by atoms with Gasteiger partial charge in [-0.15, -0.1) is 0 Å². The topological polar surface area (TPSA) is 119 Å². The first-order chi connectivity index (χ1) is 19.2. The summed E-state index contributed by atoms with van der Waals surface area (Å²) in [4.78, 5) is 24.5. The van der Waals surface area contributed by atoms with E-state index in [0.29, 0.717) is 40.2 Å². The summed E-state index contributed by atoms with van der Waals surface area (Å²) >= 11 is 0. The molecular weight excluding hydrogens is 512 g/mol. The average molecular weight is 543 g/mol. The maximum absolute atomic E-state index is 12.6. The number of phenols is 2. The number of aryl methyl sites for hydroxylation is 1. The van der Waals surface area contributed by atoms with Crippen molar-refractivity contribution in [1.82, 2.24) is 0 Å². The Balaban J connectivity index is 0.000000186. The average Bonchev–Trinajstić information content (AvgIpc) is 2.92. The van der Waals surface area contributed by atoms with Gasteiger partial charge in [0.15, 0.2) is 22.5 Å². The van der Waals surface area contributed by atoms with E-state index in [1.54, 1.807) is 32.2 Å². The molecule has 0 aliphatic rings. The molecule has 8 nitrogen and oxygen atoms in total. The number of fused-ring (bicyclic) bond motifs is 2. The number of ether oxygens (including phenoxy) is 2. The minimum Gasteiger partial charge on any atom is -0.507 e. The van der Waals surface area contributed by atoms with Crippen LogP contribution in [-0.4, -0.2) is 24.4 Å². The molecule has 0 spiro atoms. The van der Waals surface area contributed by atoms with Crippen LogP contribution in [0, 0.1) is 6.92 Å². The quantitative estimate of drug-likeness (QED) is 0.242. The molecule has 2 N–H and O–H groups in total. The molecule has 8 heteroatoms. The molecule has 2 aromatic heterocycles. The third kappa shape index (κ3) is 5.56. The van der Waals surface area contributed by atoms with Gasteiger partial charge in [0.25, 0.3) is 0 Å². The molecule has 0 radical (unpaired) electrons. The Morgan fingerprint density at radius 2 is 1.65 bits per heavy atom. The van der Waals surface area contributed by atoms with Gasteiger partial charge in [-0.2, -0.15) is 0 Å². The number of methoxy groups -OCH3 is 2. The molecule has 0 aliphatic carbocycles. The standard InChI is InChI=1S/C17H14O4.C15H16O4/c1-19-13-10-6-9-12-14(18)17(20-2)15(21-16(12)13)11-7-4-3-5-8-11;1-8(2)4-5-10-11(16)7-13-14(15(10)18)12(17)6-9(3)19-13/h3-10H,1-2H3;4,6-7,16,18H,5H2,1-3H3. The van der Waals surface area contributed by atoms with E-state index >= 15 is 0 Å². The predicted octanol–water partition coefficient (Wildman–Crippen LogP) is 6.50. The lowest BCUT2D eigenvalue weighted by Gasteiger charge is -2.10. The predicted molar refractivity (Wildman–Crippen MR) is 155 cm³/mol. The third-order valence-corrected chi connectivity index (χ3v) is 6.21. The third-order valence-electron chi connectivity index (χ3n) is 6.21. The number of rotatable bonds is 5. The molecule has 0 atom stereocenters. The second-order valence-electron chi connectivity index (χ2n) is 9.30. The molecule has 0 bridgehead atoms. The highest BCUT2D eigenvalue weighted by Gasteiger charge is 2.19. The Kier molecular flexibility index (Phi) is 8.29. The smallest absolute Gasteiger partial charge is 0.235 e. The Morgan fingerprint density at radius 3 is 2.30 bits per heavy atom. The molecule has 3 aromatic carbocycles. The zero-order valence-corrected chi connectivity index (χ0v) is 22.9. The molecule has 2 heterocycles. The van der Waals surface area contributed by atoms with Crippen LogP contribution in [-0.2, 0) is 6.42 Å². The molecule has 5 aromatic rings. The SMILES string of the molecule is CC(C)=CCc1c(O)cc2oc(C)cc(=O)c2c1O.COc1c(-c2ccccc2)oc2c(OC)cccc2c1=O. The van der Waals surface area contributed by atoms with E-state index in [9.17, 15) is 19.8 Å². The second-order valence-corrected chi connectivity index (χ2v) is 9.30. The number of hydrogen-bond donors (Lipinski definition) is 2. The number of para-hydroxylation sites is 1. The van der Waals surface area contributed by atoms with E-state index < -0.39 is 0 Å². The summed E-state index contributed by atoms with van der Waals surface area (Å²) in [6.45, 7) is 5.49. The van der Waals surface area contributed by atoms with Crippen molar-refractivity contribution in [2.45, 2.75) is 27.2 Å². The molecule has 0 saturated carbocycles. The second kappa shape index (κ2) is 11.8. The fourth-order valence-electron chi connectivity index (χ4n) is 4.26. The van der Waals surface area contributed by atoms with Gasteiger partial charge in [0, 0.05) is 23.3 Å². The largest absolute Gasteiger partial charge is 0.507 e. The molecule has 0 aliphatic heterocycles. The van der Waals surface area contributed by atoms with Crippen LogP contribution in [0.15, 0.2) is 90.7 Å². The number of allylic oxidation sites excluding steroid dienone is 2. The Hall–Kier alpha value is -4.98. The molecule has 0 amide bonds. The minimum atomic E-state index is -0.310. The van der Waals surface area contributed by atoms with Gasteiger partial charge in [-0.1, -0.05) is 48.0 Å². The van der Waals surface area contributed by atoms with Crippen LogP contribution >= 0.6 is 0 Å². The van der Waals surface area contributed by atoms with Gasteiger partial charge >= 0.3 is 0 Å². The van der Waals surface area contributed by atoms with Gasteiger partial charge in [0.1, 0.15) is 28.2 Å². The summed E-state index contributed by atoms with van der Waals surface area (Å²) in [6, 6.07) is 17.3. The van der Waals surface area contributed by atoms with Gasteiger partial charge in [-0.3, -0.25) is 9.59 Å². The van der Waals surface area contributed by atoms with Crippen molar-refractivity contribution in [2.24, 2.45) is 0 Å². The maximum Gasteiger partial charge on any atom is 0.235 e. The van der Waals surface area contributed by atoms with E-state index in [0.717, 1.165) is 11.1 Å². The summed E-state index contributed by atoms with van der Waals surface area (Å²) < 4.78 is 21.8. The van der Waals surface area contributed by atoms with Gasteiger partial charge in [0.2, 0.25) is 11.2 Å². The Morgan fingerprint density at radius 1 is 0.925 bits per heavy atom. The monoisotopic (exact) mass is 542 g/mol. The number of hydrogen-bond acceptors (Lipinski definition) is 8. The highest BCUT2D eigenvalue weighted by atomic mass is 16.5. The lowest BCUT2D eigenvalue weighted by Crippen LogP contribution is -2.08. The summed E-state index contributed by atoms with van der Waals surface area (Å²) in [5, 5.41) is 20.6. The van der Waals surface area contributed by atoms with Crippen LogP contribution in [0.25, 0.3) is 33.3 Å². The molecule has 0 unspecified atom stereocenters. The molecule has 40 heavy (non-hydrogen) atoms. The number of benzene rings is 3. The zero-order valence-electron chi connectivity index (χ0n) is 22.9. The van der Waals surface area contributed by atoms with Gasteiger partial charge in [-0.25, -0.2) is 0 Å². The first kappa shape index (κ1) is 28.0.